The van der Waals surface area contributed by atoms with E-state index in [1.165, 1.54) is 0 Å². The van der Waals surface area contributed by atoms with Gasteiger partial charge in [-0.05, 0) is 24.6 Å². The lowest BCUT2D eigenvalue weighted by molar-refractivity contribution is 0.586. The van der Waals surface area contributed by atoms with Gasteiger partial charge in [-0.25, -0.2) is 13.1 Å². The van der Waals surface area contributed by atoms with Gasteiger partial charge in [-0.3, -0.25) is 4.99 Å². The Morgan fingerprint density at radius 3 is 2.67 bits per heavy atom. The van der Waals surface area contributed by atoms with E-state index in [0.29, 0.717) is 24.1 Å². The van der Waals surface area contributed by atoms with Crippen molar-refractivity contribution in [2.24, 2.45) is 4.99 Å². The highest BCUT2D eigenvalue weighted by Gasteiger charge is 2.08. The molecule has 118 valence electrons. The average Bonchev–Trinajstić information content (AvgIpc) is 2.40. The van der Waals surface area contributed by atoms with Gasteiger partial charge in [-0.2, -0.15) is 0 Å². The Balaban J connectivity index is 2.47. The zero-order valence-corrected chi connectivity index (χ0v) is 13.9. The van der Waals surface area contributed by atoms with E-state index in [-0.39, 0.29) is 6.04 Å². The van der Waals surface area contributed by atoms with Crippen LogP contribution in [0, 0.1) is 0 Å². The number of aliphatic imine (C=N–C) groups is 1. The Morgan fingerprint density at radius 1 is 1.38 bits per heavy atom. The fraction of sp³-hybridized carbons (Fsp3) is 0.462. The zero-order valence-electron chi connectivity index (χ0n) is 12.4. The van der Waals surface area contributed by atoms with Gasteiger partial charge in [0.2, 0.25) is 10.0 Å². The standard InChI is InChI=1S/C13H21ClN4O2S/c1-10(11-5-4-6-12(14)9-11)18-13(15-2)16-7-8-17-21(3,19)20/h4-6,9-10,17H,7-8H2,1-3H3,(H2,15,16,18). The average molecular weight is 333 g/mol. The second-order valence-corrected chi connectivity index (χ2v) is 6.86. The molecule has 0 fully saturated rings. The van der Waals surface area contributed by atoms with Crippen LogP contribution in [0.3, 0.4) is 0 Å². The van der Waals surface area contributed by atoms with E-state index in [1.807, 2.05) is 31.2 Å². The number of hydrogen-bond acceptors (Lipinski definition) is 3. The highest BCUT2D eigenvalue weighted by atomic mass is 35.5. The first-order valence-corrected chi connectivity index (χ1v) is 8.76. The van der Waals surface area contributed by atoms with E-state index in [0.717, 1.165) is 11.8 Å². The summed E-state index contributed by atoms with van der Waals surface area (Å²) in [6.45, 7) is 2.73. The molecular formula is C13H21ClN4O2S. The maximum absolute atomic E-state index is 10.9. The van der Waals surface area contributed by atoms with Gasteiger partial charge in [0.1, 0.15) is 0 Å². The van der Waals surface area contributed by atoms with E-state index in [9.17, 15) is 8.42 Å². The molecule has 1 atom stereocenters. The molecule has 0 aromatic heterocycles. The summed E-state index contributed by atoms with van der Waals surface area (Å²) in [6.07, 6.45) is 1.13. The molecule has 0 saturated carbocycles. The van der Waals surface area contributed by atoms with Gasteiger partial charge in [-0.1, -0.05) is 23.7 Å². The molecule has 0 aliphatic carbocycles. The number of nitrogens with one attached hydrogen (secondary N) is 3. The smallest absolute Gasteiger partial charge is 0.208 e. The van der Waals surface area contributed by atoms with Crippen LogP contribution < -0.4 is 15.4 Å². The maximum atomic E-state index is 10.9. The molecule has 6 nitrogen and oxygen atoms in total. The van der Waals surface area contributed by atoms with Gasteiger partial charge in [0.05, 0.1) is 12.3 Å². The molecule has 1 rings (SSSR count). The molecule has 0 aliphatic rings. The van der Waals surface area contributed by atoms with Crippen molar-refractivity contribution in [1.29, 1.82) is 0 Å². The monoisotopic (exact) mass is 332 g/mol. The topological polar surface area (TPSA) is 82.6 Å². The van der Waals surface area contributed by atoms with Crippen molar-refractivity contribution in [3.05, 3.63) is 34.9 Å². The third kappa shape index (κ3) is 7.31. The van der Waals surface area contributed by atoms with Gasteiger partial charge in [0.25, 0.3) is 0 Å². The minimum Gasteiger partial charge on any atom is -0.355 e. The summed E-state index contributed by atoms with van der Waals surface area (Å²) in [5, 5.41) is 6.93. The quantitative estimate of drug-likeness (QED) is 0.414. The minimum absolute atomic E-state index is 0.0257. The lowest BCUT2D eigenvalue weighted by Gasteiger charge is -2.18. The molecule has 0 aliphatic heterocycles. The number of sulfonamides is 1. The van der Waals surface area contributed by atoms with Gasteiger partial charge in [-0.15, -0.1) is 0 Å². The lowest BCUT2D eigenvalue weighted by atomic mass is 10.1. The third-order valence-electron chi connectivity index (χ3n) is 2.71. The number of hydrogen-bond donors (Lipinski definition) is 3. The molecule has 0 amide bonds. The third-order valence-corrected chi connectivity index (χ3v) is 3.67. The summed E-state index contributed by atoms with van der Waals surface area (Å²) in [5.41, 5.74) is 1.04. The number of guanidine groups is 1. The molecular weight excluding hydrogens is 312 g/mol. The van der Waals surface area contributed by atoms with Crippen molar-refractivity contribution >= 4 is 27.6 Å². The highest BCUT2D eigenvalue weighted by molar-refractivity contribution is 7.88. The molecule has 0 spiro atoms. The second-order valence-electron chi connectivity index (χ2n) is 4.59. The van der Waals surface area contributed by atoms with Crippen molar-refractivity contribution in [2.45, 2.75) is 13.0 Å². The van der Waals surface area contributed by atoms with Crippen LogP contribution in [-0.2, 0) is 10.0 Å². The van der Waals surface area contributed by atoms with Crippen LogP contribution in [0.1, 0.15) is 18.5 Å². The van der Waals surface area contributed by atoms with Crippen LogP contribution in [-0.4, -0.2) is 40.8 Å². The van der Waals surface area contributed by atoms with Crippen LogP contribution in [0.5, 0.6) is 0 Å². The summed E-state index contributed by atoms with van der Waals surface area (Å²) in [6, 6.07) is 7.60. The summed E-state index contributed by atoms with van der Waals surface area (Å²) in [4.78, 5) is 4.09. The fourth-order valence-corrected chi connectivity index (χ4v) is 2.35. The molecule has 21 heavy (non-hydrogen) atoms. The zero-order chi connectivity index (χ0) is 15.9. The molecule has 1 unspecified atom stereocenters. The number of halogens is 1. The Hall–Kier alpha value is -1.31. The molecule has 0 saturated heterocycles. The van der Waals surface area contributed by atoms with Crippen LogP contribution >= 0.6 is 11.6 Å². The SMILES string of the molecule is CN=C(NCCNS(C)(=O)=O)NC(C)c1cccc(Cl)c1. The Morgan fingerprint density at radius 2 is 2.10 bits per heavy atom. The largest absolute Gasteiger partial charge is 0.355 e. The highest BCUT2D eigenvalue weighted by Crippen LogP contribution is 2.16. The summed E-state index contributed by atoms with van der Waals surface area (Å²) in [5.74, 6) is 0.595. The van der Waals surface area contributed by atoms with Gasteiger partial charge in [0.15, 0.2) is 5.96 Å². The van der Waals surface area contributed by atoms with Crippen LogP contribution in [0.2, 0.25) is 5.02 Å². The van der Waals surface area contributed by atoms with Gasteiger partial charge < -0.3 is 10.6 Å². The lowest BCUT2D eigenvalue weighted by Crippen LogP contribution is -2.42. The first kappa shape index (κ1) is 17.7. The van der Waals surface area contributed by atoms with Gasteiger partial charge >= 0.3 is 0 Å². The minimum atomic E-state index is -3.16. The molecule has 1 aromatic carbocycles. The first-order valence-electron chi connectivity index (χ1n) is 6.49. The van der Waals surface area contributed by atoms with E-state index in [1.54, 1.807) is 7.05 Å². The second kappa shape index (κ2) is 8.21. The predicted octanol–water partition coefficient (Wildman–Crippen LogP) is 1.12. The molecule has 1 aromatic rings. The van der Waals surface area contributed by atoms with Crippen LogP contribution in [0.25, 0.3) is 0 Å². The molecule has 8 heteroatoms. The summed E-state index contributed by atoms with van der Waals surface area (Å²) in [7, 11) is -1.51. The molecule has 0 bridgehead atoms. The summed E-state index contributed by atoms with van der Waals surface area (Å²) < 4.78 is 24.3. The van der Waals surface area contributed by atoms with Crippen LogP contribution in [0.15, 0.2) is 29.3 Å². The fourth-order valence-electron chi connectivity index (χ4n) is 1.68. The van der Waals surface area contributed by atoms with Crippen molar-refractivity contribution < 1.29 is 8.42 Å². The van der Waals surface area contributed by atoms with Crippen molar-refractivity contribution in [3.63, 3.8) is 0 Å². The molecule has 0 heterocycles. The predicted molar refractivity (Wildman–Crippen MR) is 87.2 cm³/mol. The van der Waals surface area contributed by atoms with Crippen molar-refractivity contribution in [2.75, 3.05) is 26.4 Å². The van der Waals surface area contributed by atoms with Gasteiger partial charge in [0, 0.05) is 25.2 Å². The Kier molecular flexibility index (Phi) is 6.94. The number of benzene rings is 1. The van der Waals surface area contributed by atoms with E-state index < -0.39 is 10.0 Å². The Bertz CT molecular complexity index is 590. The molecule has 3 N–H and O–H groups in total. The van der Waals surface area contributed by atoms with Crippen molar-refractivity contribution in [1.82, 2.24) is 15.4 Å². The number of nitrogens with zero attached hydrogens (tertiary/aromatic N) is 1. The van der Waals surface area contributed by atoms with Crippen molar-refractivity contribution in [3.8, 4) is 0 Å². The normalized spacial score (nSPS) is 13.8. The molecule has 0 radical (unpaired) electrons. The Labute approximate surface area is 131 Å². The van der Waals surface area contributed by atoms with E-state index in [2.05, 4.69) is 20.3 Å². The first-order chi connectivity index (χ1) is 9.81. The maximum Gasteiger partial charge on any atom is 0.208 e. The summed E-state index contributed by atoms with van der Waals surface area (Å²) >= 11 is 5.97. The van der Waals surface area contributed by atoms with E-state index >= 15 is 0 Å². The number of rotatable bonds is 6. The van der Waals surface area contributed by atoms with Crippen LogP contribution in [0.4, 0.5) is 0 Å². The van der Waals surface area contributed by atoms with E-state index in [4.69, 9.17) is 11.6 Å².